The van der Waals surface area contributed by atoms with Crippen molar-refractivity contribution in [2.75, 3.05) is 0 Å². The molecule has 0 aliphatic rings. The number of carboxylic acid groups (broad SMARTS) is 1. The highest BCUT2D eigenvalue weighted by molar-refractivity contribution is 5.66. The molecular weight excluding hydrogens is 224 g/mol. The second-order valence-corrected chi connectivity index (χ2v) is 5.22. The Kier molecular flexibility index (Phi) is 12.5. The van der Waals surface area contributed by atoms with Gasteiger partial charge in [0.15, 0.2) is 0 Å². The number of hydrogen-bond donors (Lipinski definition) is 1. The van der Waals surface area contributed by atoms with Gasteiger partial charge in [0.25, 0.3) is 0 Å². The van der Waals surface area contributed by atoms with Gasteiger partial charge in [0, 0.05) is 7.77 Å². The van der Waals surface area contributed by atoms with Gasteiger partial charge in [0.2, 0.25) is 0 Å². The van der Waals surface area contributed by atoms with Crippen LogP contribution in [0.5, 0.6) is 0 Å². The zero-order valence-electron chi connectivity index (χ0n) is 13.1. The maximum atomic E-state index is 10.4. The van der Waals surface area contributed by atoms with E-state index >= 15 is 0 Å². The highest BCUT2D eigenvalue weighted by atomic mass is 16.4. The van der Waals surface area contributed by atoms with Crippen LogP contribution in [-0.2, 0) is 4.79 Å². The van der Waals surface area contributed by atoms with E-state index in [2.05, 4.69) is 6.92 Å². The van der Waals surface area contributed by atoms with E-state index in [1.807, 2.05) is 0 Å². The predicted octanol–water partition coefficient (Wildman–Crippen LogP) is 5.55. The molecule has 0 bridgehead atoms. The Balaban J connectivity index is 3.05. The summed E-state index contributed by atoms with van der Waals surface area (Å²) in [6.45, 7) is 2.25. The average molecular weight is 257 g/mol. The monoisotopic (exact) mass is 257 g/mol. The van der Waals surface area contributed by atoms with E-state index in [0.29, 0.717) is 6.42 Å². The standard InChI is InChI=1S/C16H32O2/c1-2-3-4-5-6-7-8-9-10-11-12-13-14-15-16(17)18/h2-15H2,1H3,(H,17,18)/i15D. The molecule has 0 aromatic carbocycles. The summed E-state index contributed by atoms with van der Waals surface area (Å²) in [5.41, 5.74) is 0. The van der Waals surface area contributed by atoms with Crippen molar-refractivity contribution in [2.45, 2.75) is 96.8 Å². The van der Waals surface area contributed by atoms with Crippen LogP contribution in [0.1, 0.15) is 98.2 Å². The zero-order chi connectivity index (χ0) is 14.3. The van der Waals surface area contributed by atoms with E-state index in [0.717, 1.165) is 12.8 Å². The fourth-order valence-corrected chi connectivity index (χ4v) is 2.21. The number of unbranched alkanes of at least 4 members (excludes halogenated alkanes) is 11. The third-order valence-corrected chi connectivity index (χ3v) is 3.38. The minimum Gasteiger partial charge on any atom is -0.481 e. The van der Waals surface area contributed by atoms with Crippen molar-refractivity contribution >= 4 is 5.97 Å². The molecule has 0 amide bonds. The Hall–Kier alpha value is -0.530. The molecule has 108 valence electrons. The summed E-state index contributed by atoms with van der Waals surface area (Å²) in [5, 5.41) is 8.57. The Morgan fingerprint density at radius 2 is 1.11 bits per heavy atom. The van der Waals surface area contributed by atoms with E-state index in [-0.39, 0.29) is 0 Å². The van der Waals surface area contributed by atoms with Gasteiger partial charge in [0.05, 0.1) is 0 Å². The fourth-order valence-electron chi connectivity index (χ4n) is 2.21. The molecule has 2 nitrogen and oxygen atoms in total. The van der Waals surface area contributed by atoms with Crippen molar-refractivity contribution in [3.8, 4) is 0 Å². The molecule has 0 fully saturated rings. The lowest BCUT2D eigenvalue weighted by atomic mass is 10.0. The van der Waals surface area contributed by atoms with E-state index in [1.165, 1.54) is 64.2 Å². The van der Waals surface area contributed by atoms with Crippen molar-refractivity contribution in [1.82, 2.24) is 0 Å². The van der Waals surface area contributed by atoms with E-state index in [9.17, 15) is 4.79 Å². The van der Waals surface area contributed by atoms with Crippen LogP contribution in [0.25, 0.3) is 0 Å². The van der Waals surface area contributed by atoms with Gasteiger partial charge in [-0.1, -0.05) is 84.0 Å². The van der Waals surface area contributed by atoms with Gasteiger partial charge in [0.1, 0.15) is 0 Å². The second-order valence-electron chi connectivity index (χ2n) is 5.22. The molecule has 0 saturated heterocycles. The van der Waals surface area contributed by atoms with Gasteiger partial charge >= 0.3 is 5.97 Å². The highest BCUT2D eigenvalue weighted by Gasteiger charge is 1.96. The molecule has 0 spiro atoms. The Labute approximate surface area is 115 Å². The molecule has 1 N–H and O–H groups in total. The summed E-state index contributed by atoms with van der Waals surface area (Å²) in [6.07, 6.45) is 15.0. The van der Waals surface area contributed by atoms with Crippen LogP contribution < -0.4 is 0 Å². The topological polar surface area (TPSA) is 37.3 Å². The van der Waals surface area contributed by atoms with Crippen molar-refractivity contribution in [1.29, 1.82) is 0 Å². The summed E-state index contributed by atoms with van der Waals surface area (Å²) in [6, 6.07) is 0. The third-order valence-electron chi connectivity index (χ3n) is 3.38. The summed E-state index contributed by atoms with van der Waals surface area (Å²) in [5.74, 6) is -0.983. The molecule has 0 aromatic heterocycles. The predicted molar refractivity (Wildman–Crippen MR) is 77.9 cm³/mol. The molecule has 18 heavy (non-hydrogen) atoms. The number of hydrogen-bond acceptors (Lipinski definition) is 1. The van der Waals surface area contributed by atoms with Crippen molar-refractivity contribution in [2.24, 2.45) is 0 Å². The lowest BCUT2D eigenvalue weighted by molar-refractivity contribution is -0.137. The number of carboxylic acids is 1. The maximum absolute atomic E-state index is 10.4. The average Bonchev–Trinajstić information content (AvgIpc) is 2.39. The van der Waals surface area contributed by atoms with Gasteiger partial charge in [-0.05, 0) is 6.42 Å². The lowest BCUT2D eigenvalue weighted by Gasteiger charge is -2.02. The Morgan fingerprint density at radius 3 is 1.44 bits per heavy atom. The van der Waals surface area contributed by atoms with E-state index < -0.39 is 12.4 Å². The third kappa shape index (κ3) is 15.5. The molecule has 0 aliphatic carbocycles. The number of aliphatic carboxylic acids is 1. The molecule has 1 atom stereocenters. The van der Waals surface area contributed by atoms with E-state index in [1.54, 1.807) is 0 Å². The van der Waals surface area contributed by atoms with Crippen molar-refractivity contribution in [3.05, 3.63) is 0 Å². The highest BCUT2D eigenvalue weighted by Crippen LogP contribution is 2.12. The fraction of sp³-hybridized carbons (Fsp3) is 0.938. The molecule has 1 unspecified atom stereocenters. The second kappa shape index (κ2) is 14.5. The summed E-state index contributed by atoms with van der Waals surface area (Å²) in [7, 11) is 0. The van der Waals surface area contributed by atoms with Crippen LogP contribution in [0.4, 0.5) is 0 Å². The first-order valence-electron chi connectivity index (χ1n) is 8.41. The van der Waals surface area contributed by atoms with Crippen LogP contribution in [0.15, 0.2) is 0 Å². The first-order valence-corrected chi connectivity index (χ1v) is 7.83. The first-order chi connectivity index (χ1) is 9.18. The van der Waals surface area contributed by atoms with Gasteiger partial charge in [-0.25, -0.2) is 0 Å². The molecule has 0 rings (SSSR count). The first kappa shape index (κ1) is 15.5. The molecular formula is C16H32O2. The van der Waals surface area contributed by atoms with Crippen molar-refractivity contribution in [3.63, 3.8) is 0 Å². The number of carbonyl (C=O) groups is 1. The lowest BCUT2D eigenvalue weighted by Crippen LogP contribution is -1.93. The molecule has 0 heterocycles. The maximum Gasteiger partial charge on any atom is 0.303 e. The molecule has 0 saturated carbocycles. The van der Waals surface area contributed by atoms with Crippen LogP contribution in [0.2, 0.25) is 0 Å². The van der Waals surface area contributed by atoms with Gasteiger partial charge in [-0.2, -0.15) is 0 Å². The Bertz CT molecular complexity index is 207. The van der Waals surface area contributed by atoms with Crippen LogP contribution in [-0.4, -0.2) is 11.1 Å². The van der Waals surface area contributed by atoms with Gasteiger partial charge < -0.3 is 5.11 Å². The largest absolute Gasteiger partial charge is 0.481 e. The van der Waals surface area contributed by atoms with Crippen molar-refractivity contribution < 1.29 is 11.3 Å². The normalized spacial score (nSPS) is 13.3. The van der Waals surface area contributed by atoms with Crippen LogP contribution in [0.3, 0.4) is 0 Å². The smallest absolute Gasteiger partial charge is 0.303 e. The summed E-state index contributed by atoms with van der Waals surface area (Å²) >= 11 is 0. The summed E-state index contributed by atoms with van der Waals surface area (Å²) in [4.78, 5) is 10.4. The zero-order valence-corrected chi connectivity index (χ0v) is 12.1. The summed E-state index contributed by atoms with van der Waals surface area (Å²) < 4.78 is 7.27. The Morgan fingerprint density at radius 1 is 0.778 bits per heavy atom. The molecule has 0 radical (unpaired) electrons. The minimum absolute atomic E-state index is 0.507. The number of rotatable bonds is 14. The molecule has 0 aromatic rings. The molecule has 2 heteroatoms. The minimum atomic E-state index is -0.983. The van der Waals surface area contributed by atoms with E-state index in [4.69, 9.17) is 6.48 Å². The van der Waals surface area contributed by atoms with Gasteiger partial charge in [-0.15, -0.1) is 0 Å². The van der Waals surface area contributed by atoms with Crippen LogP contribution >= 0.6 is 0 Å². The SMILES string of the molecule is [2H]C(CCCCCCCCCCCCCC)C(=O)O. The molecule has 0 aliphatic heterocycles. The van der Waals surface area contributed by atoms with Gasteiger partial charge in [-0.3, -0.25) is 4.79 Å². The quantitative estimate of drug-likeness (QED) is 0.414. The van der Waals surface area contributed by atoms with Crippen LogP contribution in [0, 0.1) is 0 Å².